The fourth-order valence-electron chi connectivity index (χ4n) is 1.96. The Morgan fingerprint density at radius 3 is 2.93 bits per heavy atom. The van der Waals surface area contributed by atoms with Gasteiger partial charge in [0.15, 0.2) is 0 Å². The maximum atomic E-state index is 8.60. The Balaban J connectivity index is 2.06. The van der Waals surface area contributed by atoms with Crippen LogP contribution >= 0.6 is 0 Å². The fourth-order valence-corrected chi connectivity index (χ4v) is 1.96. The molecule has 1 aliphatic heterocycles. The lowest BCUT2D eigenvalue weighted by Gasteiger charge is -2.36. The van der Waals surface area contributed by atoms with Crippen LogP contribution in [-0.4, -0.2) is 30.2 Å². The SMILES string of the molecule is CN1CC(c2cccc(CNO)c2)C1. The van der Waals surface area contributed by atoms with E-state index in [-0.39, 0.29) is 0 Å². The lowest BCUT2D eigenvalue weighted by atomic mass is 9.91. The highest BCUT2D eigenvalue weighted by atomic mass is 16.5. The number of benzene rings is 1. The molecule has 2 N–H and O–H groups in total. The summed E-state index contributed by atoms with van der Waals surface area (Å²) in [7, 11) is 2.13. The first kappa shape index (κ1) is 9.65. The highest BCUT2D eigenvalue weighted by Gasteiger charge is 2.24. The molecule has 1 saturated heterocycles. The lowest BCUT2D eigenvalue weighted by Crippen LogP contribution is -2.41. The zero-order valence-corrected chi connectivity index (χ0v) is 8.40. The summed E-state index contributed by atoms with van der Waals surface area (Å²) >= 11 is 0. The largest absolute Gasteiger partial charge is 0.316 e. The van der Waals surface area contributed by atoms with Crippen molar-refractivity contribution in [1.29, 1.82) is 0 Å². The van der Waals surface area contributed by atoms with Gasteiger partial charge in [-0.3, -0.25) is 0 Å². The van der Waals surface area contributed by atoms with Crippen LogP contribution in [0.2, 0.25) is 0 Å². The summed E-state index contributed by atoms with van der Waals surface area (Å²) in [6.45, 7) is 2.82. The third-order valence-electron chi connectivity index (χ3n) is 2.77. The number of hydrogen-bond donors (Lipinski definition) is 2. The van der Waals surface area contributed by atoms with Crippen LogP contribution in [0, 0.1) is 0 Å². The molecule has 1 fully saturated rings. The van der Waals surface area contributed by atoms with E-state index < -0.39 is 0 Å². The van der Waals surface area contributed by atoms with Crippen LogP contribution in [0.1, 0.15) is 17.0 Å². The maximum Gasteiger partial charge on any atom is 0.0458 e. The van der Waals surface area contributed by atoms with E-state index in [1.807, 2.05) is 6.07 Å². The Morgan fingerprint density at radius 2 is 2.29 bits per heavy atom. The average Bonchev–Trinajstić information content (AvgIpc) is 2.14. The van der Waals surface area contributed by atoms with Crippen molar-refractivity contribution in [2.24, 2.45) is 0 Å². The molecule has 0 spiro atoms. The molecule has 1 aromatic carbocycles. The van der Waals surface area contributed by atoms with Gasteiger partial charge < -0.3 is 10.1 Å². The molecule has 0 saturated carbocycles. The lowest BCUT2D eigenvalue weighted by molar-refractivity contribution is 0.161. The summed E-state index contributed by atoms with van der Waals surface area (Å²) in [6, 6.07) is 8.41. The summed E-state index contributed by atoms with van der Waals surface area (Å²) in [5.41, 5.74) is 4.71. The smallest absolute Gasteiger partial charge is 0.0458 e. The van der Waals surface area contributed by atoms with E-state index in [4.69, 9.17) is 5.21 Å². The molecule has 1 aromatic rings. The van der Waals surface area contributed by atoms with Crippen LogP contribution in [0.3, 0.4) is 0 Å². The van der Waals surface area contributed by atoms with Crippen molar-refractivity contribution < 1.29 is 5.21 Å². The van der Waals surface area contributed by atoms with E-state index in [0.29, 0.717) is 12.5 Å². The third-order valence-corrected chi connectivity index (χ3v) is 2.77. The van der Waals surface area contributed by atoms with E-state index >= 15 is 0 Å². The summed E-state index contributed by atoms with van der Waals surface area (Å²) in [5.74, 6) is 0.679. The quantitative estimate of drug-likeness (QED) is 0.706. The zero-order chi connectivity index (χ0) is 9.97. The summed E-state index contributed by atoms with van der Waals surface area (Å²) in [4.78, 5) is 2.31. The molecular weight excluding hydrogens is 176 g/mol. The van der Waals surface area contributed by atoms with Gasteiger partial charge in [-0.1, -0.05) is 24.3 Å². The molecule has 0 aromatic heterocycles. The molecular formula is C11H16N2O. The predicted molar refractivity (Wildman–Crippen MR) is 55.3 cm³/mol. The summed E-state index contributed by atoms with van der Waals surface area (Å²) in [5, 5.41) is 8.60. The second-order valence-corrected chi connectivity index (χ2v) is 4.00. The van der Waals surface area contributed by atoms with Gasteiger partial charge in [0.2, 0.25) is 0 Å². The van der Waals surface area contributed by atoms with Gasteiger partial charge in [-0.25, -0.2) is 5.48 Å². The summed E-state index contributed by atoms with van der Waals surface area (Å²) in [6.07, 6.45) is 0. The van der Waals surface area contributed by atoms with Crippen LogP contribution in [0.5, 0.6) is 0 Å². The van der Waals surface area contributed by atoms with Gasteiger partial charge in [0, 0.05) is 25.6 Å². The Bertz CT molecular complexity index is 308. The van der Waals surface area contributed by atoms with Crippen molar-refractivity contribution in [3.63, 3.8) is 0 Å². The van der Waals surface area contributed by atoms with E-state index in [1.165, 1.54) is 5.56 Å². The van der Waals surface area contributed by atoms with Crippen LogP contribution in [0.4, 0.5) is 0 Å². The van der Waals surface area contributed by atoms with E-state index in [0.717, 1.165) is 18.7 Å². The molecule has 0 bridgehead atoms. The topological polar surface area (TPSA) is 35.5 Å². The molecule has 1 aliphatic rings. The van der Waals surface area contributed by atoms with Crippen molar-refractivity contribution in [2.75, 3.05) is 20.1 Å². The van der Waals surface area contributed by atoms with Crippen LogP contribution < -0.4 is 5.48 Å². The number of nitrogens with one attached hydrogen (secondary N) is 1. The fraction of sp³-hybridized carbons (Fsp3) is 0.455. The van der Waals surface area contributed by atoms with Crippen molar-refractivity contribution in [3.05, 3.63) is 35.4 Å². The Labute approximate surface area is 84.3 Å². The molecule has 14 heavy (non-hydrogen) atoms. The summed E-state index contributed by atoms with van der Waals surface area (Å²) < 4.78 is 0. The second-order valence-electron chi connectivity index (χ2n) is 4.00. The Kier molecular flexibility index (Phi) is 2.82. The number of likely N-dealkylation sites (N-methyl/N-ethyl adjacent to an activating group) is 1. The average molecular weight is 192 g/mol. The van der Waals surface area contributed by atoms with Gasteiger partial charge >= 0.3 is 0 Å². The van der Waals surface area contributed by atoms with Crippen LogP contribution in [0.15, 0.2) is 24.3 Å². The van der Waals surface area contributed by atoms with E-state index in [1.54, 1.807) is 0 Å². The predicted octanol–water partition coefficient (Wildman–Crippen LogP) is 1.19. The molecule has 3 heteroatoms. The van der Waals surface area contributed by atoms with E-state index in [9.17, 15) is 0 Å². The molecule has 3 nitrogen and oxygen atoms in total. The highest BCUT2D eigenvalue weighted by Crippen LogP contribution is 2.25. The maximum absolute atomic E-state index is 8.60. The van der Waals surface area contributed by atoms with Gasteiger partial charge in [0.05, 0.1) is 0 Å². The minimum atomic E-state index is 0.524. The number of hydrogen-bond acceptors (Lipinski definition) is 3. The van der Waals surface area contributed by atoms with Crippen LogP contribution in [-0.2, 0) is 6.54 Å². The second kappa shape index (κ2) is 4.09. The monoisotopic (exact) mass is 192 g/mol. The van der Waals surface area contributed by atoms with Gasteiger partial charge in [-0.2, -0.15) is 0 Å². The van der Waals surface area contributed by atoms with Crippen molar-refractivity contribution in [1.82, 2.24) is 10.4 Å². The standard InChI is InChI=1S/C11H16N2O/c1-13-7-11(8-13)10-4-2-3-9(5-10)6-12-14/h2-5,11-12,14H,6-8H2,1H3. The Morgan fingerprint density at radius 1 is 1.50 bits per heavy atom. The Hall–Kier alpha value is -0.900. The van der Waals surface area contributed by atoms with E-state index in [2.05, 4.69) is 35.6 Å². The van der Waals surface area contributed by atoms with Gasteiger partial charge in [0.25, 0.3) is 0 Å². The van der Waals surface area contributed by atoms with Gasteiger partial charge in [-0.15, -0.1) is 0 Å². The van der Waals surface area contributed by atoms with Crippen molar-refractivity contribution in [3.8, 4) is 0 Å². The number of nitrogens with zero attached hydrogens (tertiary/aromatic N) is 1. The molecule has 0 atom stereocenters. The van der Waals surface area contributed by atoms with Crippen molar-refractivity contribution >= 4 is 0 Å². The molecule has 0 aliphatic carbocycles. The van der Waals surface area contributed by atoms with Gasteiger partial charge in [-0.05, 0) is 18.2 Å². The van der Waals surface area contributed by atoms with Gasteiger partial charge in [0.1, 0.15) is 0 Å². The normalized spacial score (nSPS) is 18.1. The molecule has 2 rings (SSSR count). The molecule has 0 radical (unpaired) electrons. The molecule has 0 amide bonds. The third kappa shape index (κ3) is 1.95. The number of likely N-dealkylation sites (tertiary alicyclic amines) is 1. The first-order valence-electron chi connectivity index (χ1n) is 4.94. The zero-order valence-electron chi connectivity index (χ0n) is 8.40. The highest BCUT2D eigenvalue weighted by molar-refractivity contribution is 5.28. The molecule has 1 heterocycles. The first-order valence-corrected chi connectivity index (χ1v) is 4.94. The minimum Gasteiger partial charge on any atom is -0.316 e. The minimum absolute atomic E-state index is 0.524. The number of rotatable bonds is 3. The van der Waals surface area contributed by atoms with Crippen LogP contribution in [0.25, 0.3) is 0 Å². The molecule has 0 unspecified atom stereocenters. The first-order chi connectivity index (χ1) is 6.79. The van der Waals surface area contributed by atoms with Crippen molar-refractivity contribution in [2.45, 2.75) is 12.5 Å². The number of hydroxylamine groups is 1. The molecule has 76 valence electrons.